The first kappa shape index (κ1) is 13.7. The van der Waals surface area contributed by atoms with Gasteiger partial charge in [-0.2, -0.15) is 4.98 Å². The molecule has 104 valence electrons. The van der Waals surface area contributed by atoms with Gasteiger partial charge in [0.25, 0.3) is 5.89 Å². The topological polar surface area (TPSA) is 91.5 Å². The molecule has 0 atom stereocenters. The van der Waals surface area contributed by atoms with E-state index in [-0.39, 0.29) is 23.6 Å². The summed E-state index contributed by atoms with van der Waals surface area (Å²) in [6.07, 6.45) is 0. The van der Waals surface area contributed by atoms with Crippen LogP contribution >= 0.6 is 0 Å². The summed E-state index contributed by atoms with van der Waals surface area (Å²) in [5.41, 5.74) is 0.514. The van der Waals surface area contributed by atoms with Crippen molar-refractivity contribution >= 4 is 11.9 Å². The number of hydrogen-bond acceptors (Lipinski definition) is 7. The number of ether oxygens (including phenoxy) is 2. The van der Waals surface area contributed by atoms with Gasteiger partial charge in [-0.15, -0.1) is 0 Å². The minimum Gasteiger partial charge on any atom is -0.465 e. The molecule has 1 aromatic heterocycles. The monoisotopic (exact) mass is 276 g/mol. The summed E-state index contributed by atoms with van der Waals surface area (Å²) in [5.74, 6) is -0.442. The van der Waals surface area contributed by atoms with Gasteiger partial charge in [0, 0.05) is 0 Å². The summed E-state index contributed by atoms with van der Waals surface area (Å²) in [5, 5.41) is 3.58. The Bertz CT molecular complexity index is 635. The number of methoxy groups -OCH3 is 1. The van der Waals surface area contributed by atoms with Crippen molar-refractivity contribution in [2.45, 2.75) is 13.5 Å². The van der Waals surface area contributed by atoms with Gasteiger partial charge >= 0.3 is 11.9 Å². The highest BCUT2D eigenvalue weighted by Crippen LogP contribution is 2.09. The molecule has 7 heteroatoms. The molecule has 0 fully saturated rings. The van der Waals surface area contributed by atoms with E-state index in [4.69, 9.17) is 9.26 Å². The van der Waals surface area contributed by atoms with E-state index in [2.05, 4.69) is 14.9 Å². The lowest BCUT2D eigenvalue weighted by Crippen LogP contribution is -2.08. The molecule has 1 heterocycles. The molecule has 1 aromatic carbocycles. The normalized spacial score (nSPS) is 10.1. The number of hydrogen-bond donors (Lipinski definition) is 0. The fourth-order valence-electron chi connectivity index (χ4n) is 1.50. The van der Waals surface area contributed by atoms with Gasteiger partial charge in [-0.05, 0) is 25.1 Å². The molecule has 0 aliphatic rings. The van der Waals surface area contributed by atoms with E-state index in [9.17, 15) is 9.59 Å². The molecule has 0 saturated heterocycles. The molecule has 2 aromatic rings. The highest BCUT2D eigenvalue weighted by atomic mass is 16.6. The van der Waals surface area contributed by atoms with E-state index >= 15 is 0 Å². The third-order valence-corrected chi connectivity index (χ3v) is 2.42. The van der Waals surface area contributed by atoms with E-state index in [1.807, 2.05) is 0 Å². The number of carbonyl (C=O) groups is 2. The number of nitrogens with zero attached hydrogens (tertiary/aromatic N) is 2. The Kier molecular flexibility index (Phi) is 4.09. The SMILES string of the molecule is COC(=O)c1cccc(C(=O)OCc2nc(C)no2)c1. The molecule has 0 saturated carbocycles. The van der Waals surface area contributed by atoms with Gasteiger partial charge in [0.05, 0.1) is 18.2 Å². The van der Waals surface area contributed by atoms with Gasteiger partial charge in [-0.3, -0.25) is 0 Å². The summed E-state index contributed by atoms with van der Waals surface area (Å²) < 4.78 is 14.4. The molecular formula is C13H12N2O5. The van der Waals surface area contributed by atoms with E-state index in [0.29, 0.717) is 5.82 Å². The van der Waals surface area contributed by atoms with Crippen molar-refractivity contribution < 1.29 is 23.6 Å². The number of rotatable bonds is 4. The Balaban J connectivity index is 2.03. The first-order valence-corrected chi connectivity index (χ1v) is 5.75. The van der Waals surface area contributed by atoms with Crippen molar-refractivity contribution in [1.82, 2.24) is 10.1 Å². The Labute approximate surface area is 114 Å². The molecule has 0 spiro atoms. The lowest BCUT2D eigenvalue weighted by molar-refractivity contribution is 0.0430. The van der Waals surface area contributed by atoms with Crippen LogP contribution < -0.4 is 0 Å². The standard InChI is InChI=1S/C13H12N2O5/c1-8-14-11(20-15-8)7-19-13(17)10-5-3-4-9(6-10)12(16)18-2/h3-6H,7H2,1-2H3. The first-order chi connectivity index (χ1) is 9.60. The molecule has 7 nitrogen and oxygen atoms in total. The van der Waals surface area contributed by atoms with E-state index in [1.165, 1.54) is 19.2 Å². The van der Waals surface area contributed by atoms with Gasteiger partial charge in [0.1, 0.15) is 0 Å². The van der Waals surface area contributed by atoms with Crippen molar-refractivity contribution in [1.29, 1.82) is 0 Å². The van der Waals surface area contributed by atoms with Crippen molar-refractivity contribution in [3.05, 3.63) is 47.1 Å². The second-order valence-corrected chi connectivity index (χ2v) is 3.88. The van der Waals surface area contributed by atoms with E-state index in [1.54, 1.807) is 19.1 Å². The van der Waals surface area contributed by atoms with Crippen LogP contribution in [0, 0.1) is 6.92 Å². The summed E-state index contributed by atoms with van der Waals surface area (Å²) >= 11 is 0. The average molecular weight is 276 g/mol. The van der Waals surface area contributed by atoms with Crippen LogP contribution in [-0.4, -0.2) is 29.2 Å². The molecule has 0 unspecified atom stereocenters. The van der Waals surface area contributed by atoms with Gasteiger partial charge in [0.15, 0.2) is 12.4 Å². The minimum absolute atomic E-state index is 0.123. The molecule has 0 amide bonds. The van der Waals surface area contributed by atoms with Crippen LogP contribution in [0.25, 0.3) is 0 Å². The number of esters is 2. The number of aromatic nitrogens is 2. The van der Waals surface area contributed by atoms with Crippen molar-refractivity contribution in [3.8, 4) is 0 Å². The maximum absolute atomic E-state index is 11.8. The predicted molar refractivity (Wildman–Crippen MR) is 65.9 cm³/mol. The van der Waals surface area contributed by atoms with Crippen LogP contribution in [0.2, 0.25) is 0 Å². The second kappa shape index (κ2) is 5.96. The van der Waals surface area contributed by atoms with Crippen molar-refractivity contribution in [2.75, 3.05) is 7.11 Å². The average Bonchev–Trinajstić information content (AvgIpc) is 2.89. The zero-order chi connectivity index (χ0) is 14.5. The molecule has 0 bridgehead atoms. The minimum atomic E-state index is -0.591. The van der Waals surface area contributed by atoms with Crippen LogP contribution in [0.1, 0.15) is 32.4 Å². The second-order valence-electron chi connectivity index (χ2n) is 3.88. The number of aryl methyl sites for hydroxylation is 1. The Morgan fingerprint density at radius 1 is 1.25 bits per heavy atom. The van der Waals surface area contributed by atoms with E-state index < -0.39 is 11.9 Å². The molecule has 2 rings (SSSR count). The highest BCUT2D eigenvalue weighted by Gasteiger charge is 2.13. The largest absolute Gasteiger partial charge is 0.465 e. The molecule has 20 heavy (non-hydrogen) atoms. The Morgan fingerprint density at radius 3 is 2.55 bits per heavy atom. The molecule has 0 aliphatic heterocycles. The molecule has 0 N–H and O–H groups in total. The summed E-state index contributed by atoms with van der Waals surface area (Å²) in [7, 11) is 1.27. The zero-order valence-electron chi connectivity index (χ0n) is 11.0. The maximum Gasteiger partial charge on any atom is 0.338 e. The first-order valence-electron chi connectivity index (χ1n) is 5.75. The lowest BCUT2D eigenvalue weighted by Gasteiger charge is -2.04. The van der Waals surface area contributed by atoms with Crippen molar-refractivity contribution in [3.63, 3.8) is 0 Å². The third-order valence-electron chi connectivity index (χ3n) is 2.42. The van der Waals surface area contributed by atoms with Crippen LogP contribution in [0.5, 0.6) is 0 Å². The molecular weight excluding hydrogens is 264 g/mol. The molecule has 0 aliphatic carbocycles. The fourth-order valence-corrected chi connectivity index (χ4v) is 1.50. The lowest BCUT2D eigenvalue weighted by atomic mass is 10.1. The summed E-state index contributed by atoms with van der Waals surface area (Å²) in [6, 6.07) is 6.05. The smallest absolute Gasteiger partial charge is 0.338 e. The van der Waals surface area contributed by atoms with E-state index in [0.717, 1.165) is 0 Å². The highest BCUT2D eigenvalue weighted by molar-refractivity contribution is 5.95. The van der Waals surface area contributed by atoms with Crippen molar-refractivity contribution in [2.24, 2.45) is 0 Å². The van der Waals surface area contributed by atoms with Gasteiger partial charge in [-0.1, -0.05) is 11.2 Å². The zero-order valence-corrected chi connectivity index (χ0v) is 11.0. The fraction of sp³-hybridized carbons (Fsp3) is 0.231. The number of benzene rings is 1. The Hall–Kier alpha value is -2.70. The quantitative estimate of drug-likeness (QED) is 0.782. The number of carbonyl (C=O) groups excluding carboxylic acids is 2. The predicted octanol–water partition coefficient (Wildman–Crippen LogP) is 1.52. The summed E-state index contributed by atoms with van der Waals surface area (Å²) in [6.45, 7) is 1.54. The van der Waals surface area contributed by atoms with Crippen LogP contribution in [0.3, 0.4) is 0 Å². The van der Waals surface area contributed by atoms with Crippen LogP contribution in [0.15, 0.2) is 28.8 Å². The van der Waals surface area contributed by atoms with Crippen LogP contribution in [-0.2, 0) is 16.1 Å². The summed E-state index contributed by atoms with van der Waals surface area (Å²) in [4.78, 5) is 27.1. The maximum atomic E-state index is 11.8. The molecule has 0 radical (unpaired) electrons. The van der Waals surface area contributed by atoms with Gasteiger partial charge < -0.3 is 14.0 Å². The van der Waals surface area contributed by atoms with Crippen LogP contribution in [0.4, 0.5) is 0 Å². The Morgan fingerprint density at radius 2 is 1.95 bits per heavy atom. The van der Waals surface area contributed by atoms with Gasteiger partial charge in [0.2, 0.25) is 0 Å². The third kappa shape index (κ3) is 3.19. The van der Waals surface area contributed by atoms with Gasteiger partial charge in [-0.25, -0.2) is 9.59 Å².